The molecule has 38 heavy (non-hydrogen) atoms. The first-order valence-electron chi connectivity index (χ1n) is 11.8. The summed E-state index contributed by atoms with van der Waals surface area (Å²) < 4.78 is 0. The van der Waals surface area contributed by atoms with Gasteiger partial charge in [-0.05, 0) is 36.5 Å². The van der Waals surface area contributed by atoms with Gasteiger partial charge in [0.15, 0.2) is 0 Å². The number of carboxylic acids is 3. The average Bonchev–Trinajstić information content (AvgIpc) is 2.83. The zero-order valence-electron chi connectivity index (χ0n) is 21.0. The molecule has 1 rings (SSSR count). The Morgan fingerprint density at radius 1 is 0.737 bits per heavy atom. The van der Waals surface area contributed by atoms with Gasteiger partial charge in [0.05, 0.1) is 6.04 Å². The Morgan fingerprint density at radius 2 is 1.16 bits per heavy atom. The second-order valence-corrected chi connectivity index (χ2v) is 9.03. The van der Waals surface area contributed by atoms with Crippen LogP contribution in [-0.2, 0) is 35.2 Å². The minimum Gasteiger partial charge on any atom is -0.508 e. The van der Waals surface area contributed by atoms with Crippen LogP contribution >= 0.6 is 0 Å². The first-order valence-corrected chi connectivity index (χ1v) is 11.8. The van der Waals surface area contributed by atoms with Crippen LogP contribution < -0.4 is 21.7 Å². The van der Waals surface area contributed by atoms with E-state index in [1.54, 1.807) is 13.8 Å². The van der Waals surface area contributed by atoms with Crippen LogP contribution in [0.2, 0.25) is 0 Å². The highest BCUT2D eigenvalue weighted by atomic mass is 16.4. The Hall–Kier alpha value is -4.20. The van der Waals surface area contributed by atoms with Crippen LogP contribution in [-0.4, -0.2) is 80.2 Å². The van der Waals surface area contributed by atoms with Crippen molar-refractivity contribution in [3.8, 4) is 5.75 Å². The fraction of sp³-hybridized carbons (Fsp3) is 0.500. The number of rotatable bonds is 16. The van der Waals surface area contributed by atoms with Crippen LogP contribution in [0.25, 0.3) is 0 Å². The van der Waals surface area contributed by atoms with Crippen LogP contribution in [0.15, 0.2) is 24.3 Å². The van der Waals surface area contributed by atoms with Crippen LogP contribution in [0.3, 0.4) is 0 Å². The third-order valence-electron chi connectivity index (χ3n) is 5.57. The molecule has 1 aromatic rings. The number of nitrogens with two attached hydrogens (primary N) is 1. The van der Waals surface area contributed by atoms with Crippen molar-refractivity contribution in [2.75, 3.05) is 0 Å². The van der Waals surface area contributed by atoms with E-state index in [2.05, 4.69) is 16.0 Å². The van der Waals surface area contributed by atoms with Crippen molar-refractivity contribution in [1.29, 1.82) is 0 Å². The Labute approximate surface area is 218 Å². The van der Waals surface area contributed by atoms with Crippen molar-refractivity contribution in [3.63, 3.8) is 0 Å². The number of carbonyl (C=O) groups is 6. The molecule has 0 bridgehead atoms. The fourth-order valence-corrected chi connectivity index (χ4v) is 3.26. The van der Waals surface area contributed by atoms with Gasteiger partial charge < -0.3 is 42.1 Å². The first kappa shape index (κ1) is 31.8. The Balaban J connectivity index is 3.08. The number of amides is 3. The van der Waals surface area contributed by atoms with Gasteiger partial charge in [-0.15, -0.1) is 0 Å². The maximum Gasteiger partial charge on any atom is 0.326 e. The highest BCUT2D eigenvalue weighted by Gasteiger charge is 2.31. The molecule has 4 unspecified atom stereocenters. The van der Waals surface area contributed by atoms with E-state index < -0.39 is 79.1 Å². The molecule has 0 radical (unpaired) electrons. The molecular formula is C24H34N4O10. The summed E-state index contributed by atoms with van der Waals surface area (Å²) in [5.41, 5.74) is 6.26. The molecule has 210 valence electrons. The number of aliphatic carboxylic acids is 3. The molecule has 0 aromatic heterocycles. The average molecular weight is 539 g/mol. The lowest BCUT2D eigenvalue weighted by Gasteiger charge is -2.25. The van der Waals surface area contributed by atoms with E-state index in [0.29, 0.717) is 5.56 Å². The van der Waals surface area contributed by atoms with Crippen LogP contribution in [0.4, 0.5) is 0 Å². The van der Waals surface area contributed by atoms with Gasteiger partial charge in [-0.1, -0.05) is 26.0 Å². The SMILES string of the molecule is CC(C)C(N)C(=O)NC(CCC(=O)O)C(=O)NC(CCC(=O)O)C(=O)NC(Cc1ccc(O)cc1)C(=O)O. The maximum atomic E-state index is 13.0. The summed E-state index contributed by atoms with van der Waals surface area (Å²) in [6, 6.07) is 0.211. The molecule has 14 heteroatoms. The summed E-state index contributed by atoms with van der Waals surface area (Å²) in [4.78, 5) is 72.2. The van der Waals surface area contributed by atoms with Gasteiger partial charge in [0.25, 0.3) is 0 Å². The molecule has 0 saturated heterocycles. The van der Waals surface area contributed by atoms with Crippen molar-refractivity contribution in [2.45, 2.75) is 70.1 Å². The Kier molecular flexibility index (Phi) is 12.7. The summed E-state index contributed by atoms with van der Waals surface area (Å²) in [7, 11) is 0. The predicted octanol–water partition coefficient (Wildman–Crippen LogP) is -0.813. The molecule has 0 heterocycles. The Bertz CT molecular complexity index is 1010. The van der Waals surface area contributed by atoms with Crippen molar-refractivity contribution < 1.29 is 49.2 Å². The first-order chi connectivity index (χ1) is 17.7. The molecule has 0 fully saturated rings. The van der Waals surface area contributed by atoms with Gasteiger partial charge in [-0.2, -0.15) is 0 Å². The maximum absolute atomic E-state index is 13.0. The van der Waals surface area contributed by atoms with Crippen LogP contribution in [0.5, 0.6) is 5.75 Å². The molecule has 3 amide bonds. The molecule has 9 N–H and O–H groups in total. The summed E-state index contributed by atoms with van der Waals surface area (Å²) in [6.07, 6.45) is -1.99. The van der Waals surface area contributed by atoms with E-state index in [4.69, 9.17) is 15.9 Å². The number of phenols is 1. The number of hydrogen-bond acceptors (Lipinski definition) is 8. The summed E-state index contributed by atoms with van der Waals surface area (Å²) in [5, 5.41) is 43.9. The van der Waals surface area contributed by atoms with Gasteiger partial charge in [0.2, 0.25) is 17.7 Å². The van der Waals surface area contributed by atoms with Crippen LogP contribution in [0.1, 0.15) is 45.1 Å². The predicted molar refractivity (Wildman–Crippen MR) is 132 cm³/mol. The molecule has 0 aliphatic heterocycles. The minimum atomic E-state index is -1.51. The number of benzene rings is 1. The van der Waals surface area contributed by atoms with Gasteiger partial charge in [-0.3, -0.25) is 24.0 Å². The lowest BCUT2D eigenvalue weighted by atomic mass is 10.0. The normalized spacial score (nSPS) is 14.0. The fourth-order valence-electron chi connectivity index (χ4n) is 3.26. The molecule has 14 nitrogen and oxygen atoms in total. The lowest BCUT2D eigenvalue weighted by molar-refractivity contribution is -0.143. The standard InChI is InChI=1S/C24H34N4O10/c1-12(2)20(25)23(36)27-16(8-10-19(32)33)21(34)26-15(7-9-18(30)31)22(35)28-17(24(37)38)11-13-3-5-14(29)6-4-13/h3-6,12,15-17,20,29H,7-11,25H2,1-2H3,(H,26,34)(H,27,36)(H,28,35)(H,30,31)(H,32,33)(H,37,38). The van der Waals surface area contributed by atoms with E-state index in [1.165, 1.54) is 24.3 Å². The number of phenolic OH excluding ortho intramolecular Hbond substituents is 1. The van der Waals surface area contributed by atoms with E-state index >= 15 is 0 Å². The monoisotopic (exact) mass is 538 g/mol. The molecule has 0 spiro atoms. The van der Waals surface area contributed by atoms with Crippen molar-refractivity contribution in [3.05, 3.63) is 29.8 Å². The summed E-state index contributed by atoms with van der Waals surface area (Å²) >= 11 is 0. The third-order valence-corrected chi connectivity index (χ3v) is 5.57. The van der Waals surface area contributed by atoms with E-state index in [0.717, 1.165) is 0 Å². The molecule has 0 aliphatic rings. The van der Waals surface area contributed by atoms with E-state index in [9.17, 15) is 39.0 Å². The second-order valence-electron chi connectivity index (χ2n) is 9.03. The summed E-state index contributed by atoms with van der Waals surface area (Å²) in [5.74, 6) is -6.95. The molecule has 0 saturated carbocycles. The number of aromatic hydroxyl groups is 1. The zero-order valence-corrected chi connectivity index (χ0v) is 21.0. The highest BCUT2D eigenvalue weighted by Crippen LogP contribution is 2.12. The molecular weight excluding hydrogens is 504 g/mol. The van der Waals surface area contributed by atoms with E-state index in [1.807, 2.05) is 0 Å². The van der Waals surface area contributed by atoms with Crippen LogP contribution in [0, 0.1) is 5.92 Å². The molecule has 1 aromatic carbocycles. The zero-order chi connectivity index (χ0) is 29.0. The number of nitrogens with one attached hydrogen (secondary N) is 3. The largest absolute Gasteiger partial charge is 0.508 e. The smallest absolute Gasteiger partial charge is 0.326 e. The number of hydrogen-bond donors (Lipinski definition) is 8. The topological polar surface area (TPSA) is 245 Å². The quantitative estimate of drug-likeness (QED) is 0.129. The van der Waals surface area contributed by atoms with Gasteiger partial charge in [-0.25, -0.2) is 4.79 Å². The molecule has 0 aliphatic carbocycles. The lowest BCUT2D eigenvalue weighted by Crippen LogP contribution is -2.57. The van der Waals surface area contributed by atoms with Crippen molar-refractivity contribution >= 4 is 35.6 Å². The highest BCUT2D eigenvalue weighted by molar-refractivity contribution is 5.94. The van der Waals surface area contributed by atoms with Gasteiger partial charge >= 0.3 is 17.9 Å². The van der Waals surface area contributed by atoms with Crippen molar-refractivity contribution in [1.82, 2.24) is 16.0 Å². The second kappa shape index (κ2) is 15.1. The number of carbonyl (C=O) groups excluding carboxylic acids is 3. The minimum absolute atomic E-state index is 0.0417. The van der Waals surface area contributed by atoms with Crippen molar-refractivity contribution in [2.24, 2.45) is 11.7 Å². The molecule has 4 atom stereocenters. The van der Waals surface area contributed by atoms with Gasteiger partial charge in [0.1, 0.15) is 23.9 Å². The van der Waals surface area contributed by atoms with Gasteiger partial charge in [0, 0.05) is 19.3 Å². The third kappa shape index (κ3) is 11.2. The number of carboxylic acid groups (broad SMARTS) is 3. The Morgan fingerprint density at radius 3 is 1.55 bits per heavy atom. The van der Waals surface area contributed by atoms with E-state index in [-0.39, 0.29) is 24.5 Å². The summed E-state index contributed by atoms with van der Waals surface area (Å²) in [6.45, 7) is 3.33.